The maximum atomic E-state index is 13.7. The average molecular weight is 477 g/mol. The van der Waals surface area contributed by atoms with Gasteiger partial charge in [-0.25, -0.2) is 26.6 Å². The Morgan fingerprint density at radius 3 is 2.53 bits per heavy atom. The Morgan fingerprint density at radius 1 is 1.20 bits per heavy atom. The maximum Gasteiger partial charge on any atom is 0.287 e. The molecule has 2 aromatic carbocycles. The number of benzene rings is 2. The Balaban J connectivity index is 2.02. The summed E-state index contributed by atoms with van der Waals surface area (Å²) in [5, 5.41) is 7.19. The molecule has 0 saturated carbocycles. The molecule has 0 saturated heterocycles. The molecule has 13 heteroatoms. The smallest absolute Gasteiger partial charge is 0.287 e. The zero-order valence-corrected chi connectivity index (χ0v) is 17.3. The SMILES string of the molecule is COc1ccccc1S(=O)(=O)NC(=O)c1nnn(-c2ccc(Cl)cc2Cl)c1C(F)F. The van der Waals surface area contributed by atoms with Crippen LogP contribution in [0, 0.1) is 0 Å². The summed E-state index contributed by atoms with van der Waals surface area (Å²) in [6.45, 7) is 0. The van der Waals surface area contributed by atoms with Crippen LogP contribution in [0.15, 0.2) is 47.4 Å². The summed E-state index contributed by atoms with van der Waals surface area (Å²) in [4.78, 5) is 12.2. The summed E-state index contributed by atoms with van der Waals surface area (Å²) < 4.78 is 59.9. The first-order chi connectivity index (χ1) is 14.2. The summed E-state index contributed by atoms with van der Waals surface area (Å²) in [6.07, 6.45) is -3.22. The highest BCUT2D eigenvalue weighted by molar-refractivity contribution is 7.90. The molecule has 0 bridgehead atoms. The Morgan fingerprint density at radius 2 is 1.90 bits per heavy atom. The van der Waals surface area contributed by atoms with E-state index < -0.39 is 33.7 Å². The highest BCUT2D eigenvalue weighted by Gasteiger charge is 2.31. The van der Waals surface area contributed by atoms with Crippen molar-refractivity contribution in [3.8, 4) is 11.4 Å². The summed E-state index contributed by atoms with van der Waals surface area (Å²) >= 11 is 11.8. The van der Waals surface area contributed by atoms with E-state index in [2.05, 4.69) is 10.3 Å². The van der Waals surface area contributed by atoms with E-state index in [1.807, 2.05) is 0 Å². The number of hydrogen-bond donors (Lipinski definition) is 1. The second-order valence-corrected chi connectivity index (χ2v) is 8.21. The van der Waals surface area contributed by atoms with Gasteiger partial charge in [-0.15, -0.1) is 5.10 Å². The van der Waals surface area contributed by atoms with Crippen molar-refractivity contribution in [2.24, 2.45) is 0 Å². The lowest BCUT2D eigenvalue weighted by molar-refractivity contribution is 0.0959. The van der Waals surface area contributed by atoms with Crippen molar-refractivity contribution < 1.29 is 26.7 Å². The molecule has 3 aromatic rings. The van der Waals surface area contributed by atoms with Crippen molar-refractivity contribution in [1.82, 2.24) is 19.7 Å². The summed E-state index contributed by atoms with van der Waals surface area (Å²) in [7, 11) is -3.21. The van der Waals surface area contributed by atoms with E-state index in [0.717, 1.165) is 0 Å². The topological polar surface area (TPSA) is 103 Å². The Labute approximate surface area is 179 Å². The third kappa shape index (κ3) is 4.23. The molecule has 8 nitrogen and oxygen atoms in total. The second-order valence-electron chi connectivity index (χ2n) is 5.72. The quantitative estimate of drug-likeness (QED) is 0.582. The van der Waals surface area contributed by atoms with Crippen LogP contribution < -0.4 is 9.46 Å². The van der Waals surface area contributed by atoms with Crippen molar-refractivity contribution in [2.45, 2.75) is 11.3 Å². The maximum absolute atomic E-state index is 13.7. The lowest BCUT2D eigenvalue weighted by Crippen LogP contribution is -2.32. The molecule has 3 rings (SSSR count). The van der Waals surface area contributed by atoms with Gasteiger partial charge in [0.1, 0.15) is 16.3 Å². The van der Waals surface area contributed by atoms with E-state index >= 15 is 0 Å². The van der Waals surface area contributed by atoms with E-state index in [-0.39, 0.29) is 26.4 Å². The molecular weight excluding hydrogens is 465 g/mol. The standard InChI is InChI=1S/C17H12Cl2F2N4O4S/c1-29-12-4-2-3-5-13(12)30(27,28)23-17(26)14-15(16(20)21)25(24-22-14)11-7-6-9(18)8-10(11)19/h2-8,16H,1H3,(H,23,26). The summed E-state index contributed by atoms with van der Waals surface area (Å²) in [5.74, 6) is -1.43. The first-order valence-electron chi connectivity index (χ1n) is 8.05. The molecule has 0 radical (unpaired) electrons. The van der Waals surface area contributed by atoms with Crippen molar-refractivity contribution >= 4 is 39.1 Å². The molecule has 0 aliphatic heterocycles. The predicted molar refractivity (Wildman–Crippen MR) is 104 cm³/mol. The van der Waals surface area contributed by atoms with Gasteiger partial charge >= 0.3 is 0 Å². The molecule has 30 heavy (non-hydrogen) atoms. The van der Waals surface area contributed by atoms with Gasteiger partial charge < -0.3 is 4.74 Å². The average Bonchev–Trinajstić information content (AvgIpc) is 3.13. The number of ether oxygens (including phenoxy) is 1. The number of nitrogens with one attached hydrogen (secondary N) is 1. The number of methoxy groups -OCH3 is 1. The van der Waals surface area contributed by atoms with Crippen LogP contribution in [0.1, 0.15) is 22.6 Å². The van der Waals surface area contributed by atoms with Crippen LogP contribution in [-0.2, 0) is 10.0 Å². The summed E-state index contributed by atoms with van der Waals surface area (Å²) in [6, 6.07) is 9.46. The number of nitrogens with zero attached hydrogens (tertiary/aromatic N) is 3. The summed E-state index contributed by atoms with van der Waals surface area (Å²) in [5.41, 5.74) is -1.84. The van der Waals surface area contributed by atoms with Crippen LogP contribution in [0.2, 0.25) is 10.0 Å². The van der Waals surface area contributed by atoms with Gasteiger partial charge in [0.2, 0.25) is 0 Å². The van der Waals surface area contributed by atoms with E-state index in [9.17, 15) is 22.0 Å². The monoisotopic (exact) mass is 476 g/mol. The van der Waals surface area contributed by atoms with Crippen molar-refractivity contribution in [2.75, 3.05) is 7.11 Å². The normalized spacial score (nSPS) is 11.5. The van der Waals surface area contributed by atoms with Crippen molar-refractivity contribution in [3.63, 3.8) is 0 Å². The molecule has 0 fully saturated rings. The van der Waals surface area contributed by atoms with Gasteiger partial charge in [-0.05, 0) is 30.3 Å². The van der Waals surface area contributed by atoms with Gasteiger partial charge in [0, 0.05) is 5.02 Å². The van der Waals surface area contributed by atoms with Crippen LogP contribution in [0.25, 0.3) is 5.69 Å². The highest BCUT2D eigenvalue weighted by atomic mass is 35.5. The van der Waals surface area contributed by atoms with Crippen LogP contribution in [0.3, 0.4) is 0 Å². The number of rotatable bonds is 6. The Bertz CT molecular complexity index is 1220. The van der Waals surface area contributed by atoms with E-state index in [1.165, 1.54) is 49.6 Å². The number of halogens is 4. The molecule has 1 N–H and O–H groups in total. The molecule has 1 aromatic heterocycles. The van der Waals surface area contributed by atoms with Gasteiger partial charge in [-0.1, -0.05) is 40.5 Å². The first kappa shape index (κ1) is 21.9. The first-order valence-corrected chi connectivity index (χ1v) is 10.3. The van der Waals surface area contributed by atoms with Crippen molar-refractivity contribution in [1.29, 1.82) is 0 Å². The number of alkyl halides is 2. The molecule has 0 aliphatic rings. The van der Waals surface area contributed by atoms with Crippen LogP contribution in [0.4, 0.5) is 8.78 Å². The number of para-hydroxylation sites is 1. The largest absolute Gasteiger partial charge is 0.495 e. The molecule has 158 valence electrons. The molecule has 0 atom stereocenters. The Kier molecular flexibility index (Phi) is 6.25. The van der Waals surface area contributed by atoms with Gasteiger partial charge in [0.15, 0.2) is 5.69 Å². The minimum atomic E-state index is -4.45. The van der Waals surface area contributed by atoms with Crippen molar-refractivity contribution in [3.05, 3.63) is 63.9 Å². The fourth-order valence-electron chi connectivity index (χ4n) is 2.54. The number of amides is 1. The number of sulfonamides is 1. The minimum Gasteiger partial charge on any atom is -0.495 e. The molecule has 0 unspecified atom stereocenters. The fourth-order valence-corrected chi connectivity index (χ4v) is 4.16. The molecule has 1 amide bonds. The number of carbonyl (C=O) groups excluding carboxylic acids is 1. The van der Waals surface area contributed by atoms with E-state index in [1.54, 1.807) is 4.72 Å². The third-order valence-corrected chi connectivity index (χ3v) is 5.76. The lowest BCUT2D eigenvalue weighted by atomic mass is 10.2. The van der Waals surface area contributed by atoms with Crippen LogP contribution in [0.5, 0.6) is 5.75 Å². The Hall–Kier alpha value is -2.76. The second kappa shape index (κ2) is 8.54. The van der Waals surface area contributed by atoms with Crippen LogP contribution in [-0.4, -0.2) is 36.4 Å². The van der Waals surface area contributed by atoms with Crippen LogP contribution >= 0.6 is 23.2 Å². The van der Waals surface area contributed by atoms with Gasteiger partial charge in [-0.3, -0.25) is 4.79 Å². The third-order valence-electron chi connectivity index (χ3n) is 3.85. The zero-order chi connectivity index (χ0) is 22.1. The van der Waals surface area contributed by atoms with E-state index in [4.69, 9.17) is 27.9 Å². The zero-order valence-electron chi connectivity index (χ0n) is 15.0. The molecule has 0 spiro atoms. The number of carbonyl (C=O) groups is 1. The molecule has 1 heterocycles. The van der Waals surface area contributed by atoms with E-state index in [0.29, 0.717) is 4.68 Å². The predicted octanol–water partition coefficient (Wildman–Crippen LogP) is 3.64. The highest BCUT2D eigenvalue weighted by Crippen LogP contribution is 2.30. The van der Waals surface area contributed by atoms with Gasteiger partial charge in [0.25, 0.3) is 22.4 Å². The van der Waals surface area contributed by atoms with Gasteiger partial charge in [-0.2, -0.15) is 0 Å². The number of aromatic nitrogens is 3. The lowest BCUT2D eigenvalue weighted by Gasteiger charge is -2.11. The van der Waals surface area contributed by atoms with Gasteiger partial charge in [0.05, 0.1) is 17.8 Å². The minimum absolute atomic E-state index is 0.0181. The number of hydrogen-bond acceptors (Lipinski definition) is 6. The fraction of sp³-hybridized carbons (Fsp3) is 0.118. The molecule has 0 aliphatic carbocycles. The molecular formula is C17H12Cl2F2N4O4S.